The number of carbonyl (C=O) groups excluding carboxylic acids is 3. The first-order valence-electron chi connectivity index (χ1n) is 11.7. The molecule has 0 aliphatic heterocycles. The average molecular weight is 519 g/mol. The number of methoxy groups -OCH3 is 1. The van der Waals surface area contributed by atoms with Crippen LogP contribution in [0.1, 0.15) is 17.5 Å². The van der Waals surface area contributed by atoms with Gasteiger partial charge in [0.1, 0.15) is 11.6 Å². The van der Waals surface area contributed by atoms with Gasteiger partial charge in [0, 0.05) is 26.2 Å². The number of benzene rings is 2. The van der Waals surface area contributed by atoms with Gasteiger partial charge in [-0.2, -0.15) is 4.98 Å². The summed E-state index contributed by atoms with van der Waals surface area (Å²) in [6.07, 6.45) is 0.226. The lowest BCUT2D eigenvalue weighted by Crippen LogP contribution is -2.48. The van der Waals surface area contributed by atoms with E-state index in [4.69, 9.17) is 10.5 Å². The Hall–Kier alpha value is -4.93. The zero-order valence-corrected chi connectivity index (χ0v) is 21.5. The fraction of sp³-hybridized carbons (Fsp3) is 0.222. The van der Waals surface area contributed by atoms with Crippen LogP contribution in [0.3, 0.4) is 0 Å². The molecule has 0 unspecified atom stereocenters. The average Bonchev–Trinajstić information content (AvgIpc) is 2.90. The van der Waals surface area contributed by atoms with Crippen LogP contribution in [0.4, 0.5) is 16.3 Å². The molecule has 38 heavy (non-hydrogen) atoms. The number of anilines is 1. The van der Waals surface area contributed by atoms with Crippen LogP contribution in [0.5, 0.6) is 11.6 Å². The lowest BCUT2D eigenvalue weighted by atomic mass is 10.1. The molecule has 3 aromatic rings. The van der Waals surface area contributed by atoms with Gasteiger partial charge in [-0.3, -0.25) is 19.8 Å². The molecule has 1 heterocycles. The summed E-state index contributed by atoms with van der Waals surface area (Å²) >= 11 is 0. The van der Waals surface area contributed by atoms with E-state index in [2.05, 4.69) is 20.0 Å². The van der Waals surface area contributed by atoms with E-state index in [-0.39, 0.29) is 18.9 Å². The van der Waals surface area contributed by atoms with Crippen molar-refractivity contribution in [3.63, 3.8) is 0 Å². The molecular formula is C27H30N6O5. The largest absolute Gasteiger partial charge is 0.469 e. The Morgan fingerprint density at radius 2 is 1.79 bits per heavy atom. The molecule has 11 nitrogen and oxygen atoms in total. The Morgan fingerprint density at radius 1 is 1.08 bits per heavy atom. The summed E-state index contributed by atoms with van der Waals surface area (Å²) in [7, 11) is 3.00. The molecule has 0 fully saturated rings. The third kappa shape index (κ3) is 8.33. The molecule has 2 aromatic carbocycles. The molecule has 0 bridgehead atoms. The molecule has 3 rings (SSSR count). The summed E-state index contributed by atoms with van der Waals surface area (Å²) in [5, 5.41) is 2.67. The summed E-state index contributed by atoms with van der Waals surface area (Å²) in [6, 6.07) is 19.1. The second kappa shape index (κ2) is 13.4. The molecule has 3 N–H and O–H groups in total. The predicted octanol–water partition coefficient (Wildman–Crippen LogP) is 3.62. The van der Waals surface area contributed by atoms with E-state index in [1.807, 2.05) is 31.2 Å². The fourth-order valence-corrected chi connectivity index (χ4v) is 3.25. The summed E-state index contributed by atoms with van der Waals surface area (Å²) < 4.78 is 10.3. The molecule has 0 saturated heterocycles. The van der Waals surface area contributed by atoms with Gasteiger partial charge in [0.05, 0.1) is 19.2 Å². The summed E-state index contributed by atoms with van der Waals surface area (Å²) in [4.78, 5) is 47.1. The maximum Gasteiger partial charge on any atom is 0.330 e. The van der Waals surface area contributed by atoms with E-state index in [0.29, 0.717) is 36.1 Å². The van der Waals surface area contributed by atoms with Crippen molar-refractivity contribution in [3.8, 4) is 11.6 Å². The van der Waals surface area contributed by atoms with Crippen molar-refractivity contribution in [2.75, 3.05) is 26.4 Å². The Bertz CT molecular complexity index is 1280. The molecule has 0 radical (unpaired) electrons. The number of carbonyl (C=O) groups is 3. The van der Waals surface area contributed by atoms with Gasteiger partial charge in [0.2, 0.25) is 18.2 Å². The Morgan fingerprint density at radius 3 is 2.42 bits per heavy atom. The first-order valence-corrected chi connectivity index (χ1v) is 11.7. The van der Waals surface area contributed by atoms with E-state index < -0.39 is 12.0 Å². The molecule has 198 valence electrons. The standard InChI is InChI=1S/C27H30N6O5/c1-19-7-9-20(10-8-19)17-32(2)26(31-27(36)33(18-34)16-15-25(35)37-3)29-21-11-13-22(14-12-21)38-24-6-4-5-23(28)30-24/h4-14,18H,15-17H2,1-3H3,(H2,28,30)(H,29,31,36). The van der Waals surface area contributed by atoms with Crippen molar-refractivity contribution >= 4 is 35.9 Å². The van der Waals surface area contributed by atoms with Crippen LogP contribution in [0.25, 0.3) is 0 Å². The Kier molecular flexibility index (Phi) is 9.75. The van der Waals surface area contributed by atoms with Gasteiger partial charge >= 0.3 is 12.0 Å². The number of hydrogen-bond donors (Lipinski definition) is 2. The van der Waals surface area contributed by atoms with Crippen molar-refractivity contribution in [2.24, 2.45) is 4.99 Å². The van der Waals surface area contributed by atoms with Crippen LogP contribution in [0.2, 0.25) is 0 Å². The number of hydrogen-bond acceptors (Lipinski definition) is 8. The van der Waals surface area contributed by atoms with Gasteiger partial charge in [-0.1, -0.05) is 35.9 Å². The number of aromatic nitrogens is 1. The third-order valence-electron chi connectivity index (χ3n) is 5.33. The summed E-state index contributed by atoms with van der Waals surface area (Å²) in [5.41, 5.74) is 8.34. The SMILES string of the molecule is COC(=O)CCN(C=O)C(=O)NC(=Nc1ccc(Oc2cccc(N)n2)cc1)N(C)Cc1ccc(C)cc1. The van der Waals surface area contributed by atoms with Crippen molar-refractivity contribution in [3.05, 3.63) is 77.9 Å². The normalized spacial score (nSPS) is 10.9. The number of guanidine groups is 1. The smallest absolute Gasteiger partial charge is 0.330 e. The summed E-state index contributed by atoms with van der Waals surface area (Å²) in [5.74, 6) is 0.887. The van der Waals surface area contributed by atoms with Crippen LogP contribution >= 0.6 is 0 Å². The van der Waals surface area contributed by atoms with Crippen molar-refractivity contribution in [1.82, 2.24) is 20.1 Å². The molecule has 1 aromatic heterocycles. The van der Waals surface area contributed by atoms with Gasteiger partial charge in [0.25, 0.3) is 0 Å². The number of nitrogens with two attached hydrogens (primary N) is 1. The maximum atomic E-state index is 12.8. The van der Waals surface area contributed by atoms with Crippen molar-refractivity contribution in [2.45, 2.75) is 19.9 Å². The number of aliphatic imine (C=N–C) groups is 1. The lowest BCUT2D eigenvalue weighted by Gasteiger charge is -2.24. The first-order chi connectivity index (χ1) is 18.3. The third-order valence-corrected chi connectivity index (χ3v) is 5.33. The number of nitrogen functional groups attached to an aromatic ring is 1. The number of rotatable bonds is 9. The molecule has 0 aliphatic rings. The quantitative estimate of drug-likeness (QED) is 0.190. The minimum Gasteiger partial charge on any atom is -0.469 e. The second-order valence-corrected chi connectivity index (χ2v) is 8.33. The highest BCUT2D eigenvalue weighted by molar-refractivity contribution is 6.00. The van der Waals surface area contributed by atoms with E-state index in [0.717, 1.165) is 16.0 Å². The fourth-order valence-electron chi connectivity index (χ4n) is 3.25. The number of imide groups is 1. The number of urea groups is 1. The van der Waals surface area contributed by atoms with E-state index in [1.54, 1.807) is 54.4 Å². The minimum absolute atomic E-state index is 0.127. The van der Waals surface area contributed by atoms with Crippen LogP contribution < -0.4 is 15.8 Å². The number of nitrogens with one attached hydrogen (secondary N) is 1. The zero-order chi connectivity index (χ0) is 27.5. The van der Waals surface area contributed by atoms with Gasteiger partial charge in [-0.05, 0) is 42.8 Å². The van der Waals surface area contributed by atoms with E-state index in [9.17, 15) is 14.4 Å². The van der Waals surface area contributed by atoms with Gasteiger partial charge in [-0.15, -0.1) is 0 Å². The van der Waals surface area contributed by atoms with Crippen molar-refractivity contribution < 1.29 is 23.9 Å². The monoisotopic (exact) mass is 518 g/mol. The van der Waals surface area contributed by atoms with Gasteiger partial charge in [-0.25, -0.2) is 9.79 Å². The molecule has 0 spiro atoms. The number of aryl methyl sites for hydroxylation is 1. The zero-order valence-electron chi connectivity index (χ0n) is 21.5. The van der Waals surface area contributed by atoms with Crippen LogP contribution in [0.15, 0.2) is 71.7 Å². The molecule has 11 heteroatoms. The number of esters is 1. The highest BCUT2D eigenvalue weighted by Crippen LogP contribution is 2.23. The number of nitrogens with zero attached hydrogens (tertiary/aromatic N) is 4. The Labute approximate surface area is 220 Å². The lowest BCUT2D eigenvalue weighted by molar-refractivity contribution is -0.140. The number of ether oxygens (including phenoxy) is 2. The highest BCUT2D eigenvalue weighted by atomic mass is 16.5. The highest BCUT2D eigenvalue weighted by Gasteiger charge is 2.19. The first kappa shape index (κ1) is 27.7. The van der Waals surface area contributed by atoms with Gasteiger partial charge in [0.15, 0.2) is 0 Å². The minimum atomic E-state index is -0.730. The number of amides is 3. The molecule has 0 aliphatic carbocycles. The maximum absolute atomic E-state index is 12.8. The van der Waals surface area contributed by atoms with Gasteiger partial charge < -0.3 is 20.1 Å². The number of pyridine rings is 1. The van der Waals surface area contributed by atoms with Crippen molar-refractivity contribution in [1.29, 1.82) is 0 Å². The van der Waals surface area contributed by atoms with Crippen LogP contribution in [-0.2, 0) is 20.9 Å². The molecule has 3 amide bonds. The predicted molar refractivity (Wildman–Crippen MR) is 143 cm³/mol. The van der Waals surface area contributed by atoms with E-state index in [1.165, 1.54) is 7.11 Å². The molecule has 0 atom stereocenters. The molecule has 0 saturated carbocycles. The molecular weight excluding hydrogens is 488 g/mol. The van der Waals surface area contributed by atoms with Crippen LogP contribution in [-0.4, -0.2) is 59.9 Å². The van der Waals surface area contributed by atoms with Crippen LogP contribution in [0, 0.1) is 6.92 Å². The van der Waals surface area contributed by atoms with E-state index >= 15 is 0 Å². The second-order valence-electron chi connectivity index (χ2n) is 8.33. The topological polar surface area (TPSA) is 139 Å². The summed E-state index contributed by atoms with van der Waals surface area (Å²) in [6.45, 7) is 2.30. The Balaban J connectivity index is 1.81.